The number of carboxylic acid groups (broad SMARTS) is 2. The molecule has 0 spiro atoms. The number of fused-ring (bicyclic) bond motifs is 20. The molecule has 0 saturated carbocycles. The standard InChI is InChI=1S/C40H28Cl3N9O5.Zn/c1-40(2,3)17-12-13-21-23(14-17)36-46-35(21)45-33-19-8-4-5-9-20(19)34(44-33)48-38-27-28(39(49-38)51-52-24-11-7-6-10-22(24)37(47-36)50-52)30(42)32(31(43)29(27)41)57-18(15-25(53)54)16-26(55)56;/h4-14,18H,15-16H2,1-3H3,(H3,44,45,46,47,48,49,50,51,53,54,55,56);/q;+2/p-1. The molecule has 5 heterocycles. The summed E-state index contributed by atoms with van der Waals surface area (Å²) in [7, 11) is 0. The Kier molecular flexibility index (Phi) is 9.91. The SMILES string of the molecule is CC(C)(C)c1ccc2c3nc4nc(nc5[n-]c(n[n+]6nc(nc([n-]3)c2c1)-c1ccccc1-6)c1c(Cl)c(OC(CC(=O)O)CC(=O)O)c(Cl)c(Cl)c51)-c1ccccc1-4.[Zn+2]. The van der Waals surface area contributed by atoms with E-state index in [9.17, 15) is 19.8 Å². The Morgan fingerprint density at radius 3 is 1.91 bits per heavy atom. The molecule has 8 bridgehead atoms. The van der Waals surface area contributed by atoms with Crippen LogP contribution >= 0.6 is 34.8 Å². The topological polar surface area (TPSA) is 193 Å². The van der Waals surface area contributed by atoms with E-state index in [1.807, 2.05) is 54.6 Å². The second-order valence-corrected chi connectivity index (χ2v) is 15.6. The number of carboxylic acids is 2. The minimum absolute atomic E-state index is 0. The third-order valence-corrected chi connectivity index (χ3v) is 10.8. The number of nitrogens with zero attached hydrogens (tertiary/aromatic N) is 9. The zero-order valence-corrected chi connectivity index (χ0v) is 36.1. The molecule has 2 aliphatic heterocycles. The Balaban J connectivity index is 0.00000469. The van der Waals surface area contributed by atoms with Crippen LogP contribution in [0.4, 0.5) is 0 Å². The number of rotatable bonds is 6. The molecule has 0 amide bonds. The van der Waals surface area contributed by atoms with Crippen LogP contribution in [0.3, 0.4) is 0 Å². The van der Waals surface area contributed by atoms with E-state index in [0.717, 1.165) is 16.3 Å². The van der Waals surface area contributed by atoms with Gasteiger partial charge in [-0.25, -0.2) is 4.98 Å². The molecule has 18 heteroatoms. The molecule has 2 aliphatic rings. The maximum Gasteiger partial charge on any atom is 2.00 e. The average molecular weight is 885 g/mol. The van der Waals surface area contributed by atoms with Crippen molar-refractivity contribution < 1.29 is 48.8 Å². The molecule has 0 aliphatic carbocycles. The molecule has 9 rings (SSSR count). The Bertz CT molecular complexity index is 3060. The molecule has 0 unspecified atom stereocenters. The first-order chi connectivity index (χ1) is 27.2. The summed E-state index contributed by atoms with van der Waals surface area (Å²) in [5.41, 5.74) is 4.36. The van der Waals surface area contributed by atoms with E-state index in [0.29, 0.717) is 45.3 Å². The summed E-state index contributed by atoms with van der Waals surface area (Å²) in [6.07, 6.45) is -2.67. The molecular weight excluding hydrogens is 858 g/mol. The molecule has 3 aromatic heterocycles. The summed E-state index contributed by atoms with van der Waals surface area (Å²) in [4.78, 5) is 54.2. The second kappa shape index (κ2) is 14.7. The van der Waals surface area contributed by atoms with E-state index in [4.69, 9.17) is 79.6 Å². The average Bonchev–Trinajstić information content (AvgIpc) is 3.90. The van der Waals surface area contributed by atoms with Gasteiger partial charge < -0.3 is 39.9 Å². The maximum atomic E-state index is 11.7. The summed E-state index contributed by atoms with van der Waals surface area (Å²) < 4.78 is 5.91. The third-order valence-electron chi connectivity index (χ3n) is 9.60. The van der Waals surface area contributed by atoms with Crippen LogP contribution in [0.2, 0.25) is 15.1 Å². The Hall–Kier alpha value is -5.60. The fourth-order valence-corrected chi connectivity index (χ4v) is 7.73. The summed E-state index contributed by atoms with van der Waals surface area (Å²) in [5, 5.41) is 30.1. The van der Waals surface area contributed by atoms with Crippen LogP contribution in [0.5, 0.6) is 5.75 Å². The van der Waals surface area contributed by atoms with Gasteiger partial charge in [0.25, 0.3) is 5.69 Å². The fraction of sp³-hybridized carbons (Fsp3) is 0.175. The number of hydrogen-bond donors (Lipinski definition) is 2. The van der Waals surface area contributed by atoms with E-state index in [1.54, 1.807) is 0 Å². The first-order valence-corrected chi connectivity index (χ1v) is 18.7. The van der Waals surface area contributed by atoms with Crippen molar-refractivity contribution in [2.75, 3.05) is 0 Å². The van der Waals surface area contributed by atoms with Crippen molar-refractivity contribution in [2.45, 2.75) is 45.1 Å². The molecule has 0 radical (unpaired) electrons. The third kappa shape index (κ3) is 6.71. The van der Waals surface area contributed by atoms with Gasteiger partial charge in [-0.2, -0.15) is 0 Å². The number of benzene rings is 4. The summed E-state index contributed by atoms with van der Waals surface area (Å²) in [6, 6.07) is 20.9. The van der Waals surface area contributed by atoms with Crippen molar-refractivity contribution in [3.8, 4) is 45.6 Å². The number of para-hydroxylation sites is 1. The Morgan fingerprint density at radius 1 is 0.690 bits per heavy atom. The summed E-state index contributed by atoms with van der Waals surface area (Å²) in [5.74, 6) is -1.90. The molecular formula is C40H27Cl3N9O5Zn+. The normalized spacial score (nSPS) is 12.1. The summed E-state index contributed by atoms with van der Waals surface area (Å²) in [6.45, 7) is 6.40. The van der Waals surface area contributed by atoms with Crippen LogP contribution < -0.4 is 19.5 Å². The summed E-state index contributed by atoms with van der Waals surface area (Å²) >= 11 is 20.8. The Labute approximate surface area is 356 Å². The fourth-order valence-electron chi connectivity index (χ4n) is 6.87. The second-order valence-electron chi connectivity index (χ2n) is 14.5. The van der Waals surface area contributed by atoms with Gasteiger partial charge in [0, 0.05) is 54.8 Å². The van der Waals surface area contributed by atoms with Crippen LogP contribution in [0.1, 0.15) is 39.2 Å². The van der Waals surface area contributed by atoms with Gasteiger partial charge in [-0.1, -0.05) is 109 Å². The number of aliphatic carboxylic acids is 2. The van der Waals surface area contributed by atoms with Crippen LogP contribution in [0.15, 0.2) is 66.7 Å². The smallest absolute Gasteiger partial charge is 0.486 e. The van der Waals surface area contributed by atoms with E-state index < -0.39 is 30.9 Å². The van der Waals surface area contributed by atoms with Crippen molar-refractivity contribution in [3.63, 3.8) is 0 Å². The molecule has 4 aromatic carbocycles. The zero-order chi connectivity index (χ0) is 39.9. The minimum Gasteiger partial charge on any atom is -0.486 e. The monoisotopic (exact) mass is 882 g/mol. The predicted octanol–water partition coefficient (Wildman–Crippen LogP) is 7.69. The van der Waals surface area contributed by atoms with Crippen molar-refractivity contribution >= 4 is 90.9 Å². The molecule has 58 heavy (non-hydrogen) atoms. The van der Waals surface area contributed by atoms with Crippen molar-refractivity contribution in [3.05, 3.63) is 87.4 Å². The van der Waals surface area contributed by atoms with Crippen molar-refractivity contribution in [1.29, 1.82) is 0 Å². The number of halogens is 3. The van der Waals surface area contributed by atoms with Gasteiger partial charge in [0.1, 0.15) is 11.1 Å². The number of ether oxygens (including phenoxy) is 1. The Morgan fingerprint density at radius 2 is 1.26 bits per heavy atom. The quantitative estimate of drug-likeness (QED) is 0.0939. The van der Waals surface area contributed by atoms with Gasteiger partial charge in [-0.05, 0) is 33.9 Å². The number of hydrogen-bond acceptors (Lipinski definition) is 9. The predicted molar refractivity (Wildman–Crippen MR) is 213 cm³/mol. The van der Waals surface area contributed by atoms with E-state index in [-0.39, 0.29) is 73.6 Å². The zero-order valence-electron chi connectivity index (χ0n) is 30.8. The molecule has 0 saturated heterocycles. The molecule has 0 atom stereocenters. The van der Waals surface area contributed by atoms with E-state index >= 15 is 0 Å². The number of aromatic nitrogens is 9. The van der Waals surface area contributed by atoms with Gasteiger partial charge in [-0.3, -0.25) is 9.59 Å². The minimum atomic E-state index is -1.35. The first kappa shape index (κ1) is 39.2. The van der Waals surface area contributed by atoms with Crippen LogP contribution in [0, 0.1) is 0 Å². The van der Waals surface area contributed by atoms with Crippen molar-refractivity contribution in [2.24, 2.45) is 0 Å². The molecule has 7 aromatic rings. The van der Waals surface area contributed by atoms with Crippen LogP contribution in [-0.4, -0.2) is 58.4 Å². The number of carbonyl (C=O) groups is 2. The van der Waals surface area contributed by atoms with Crippen molar-refractivity contribution in [1.82, 2.24) is 40.1 Å². The van der Waals surface area contributed by atoms with Gasteiger partial charge in [0.15, 0.2) is 11.6 Å². The van der Waals surface area contributed by atoms with Gasteiger partial charge in [-0.15, -0.1) is 0 Å². The largest absolute Gasteiger partial charge is 2.00 e. The molecule has 14 nitrogen and oxygen atoms in total. The van der Waals surface area contributed by atoms with Gasteiger partial charge in [0.05, 0.1) is 45.7 Å². The van der Waals surface area contributed by atoms with Crippen LogP contribution in [-0.2, 0) is 34.5 Å². The van der Waals surface area contributed by atoms with Gasteiger partial charge >= 0.3 is 31.4 Å². The van der Waals surface area contributed by atoms with Gasteiger partial charge in [0.2, 0.25) is 0 Å². The molecule has 0 fully saturated rings. The van der Waals surface area contributed by atoms with E-state index in [1.165, 1.54) is 4.80 Å². The van der Waals surface area contributed by atoms with Crippen LogP contribution in [0.25, 0.3) is 84.0 Å². The maximum absolute atomic E-state index is 11.7. The molecule has 284 valence electrons. The molecule has 2 N–H and O–H groups in total. The van der Waals surface area contributed by atoms with E-state index in [2.05, 4.69) is 32.9 Å². The first-order valence-electron chi connectivity index (χ1n) is 17.5.